The number of fused-ring (bicyclic) bond motifs is 1. The van der Waals surface area contributed by atoms with Gasteiger partial charge in [0.1, 0.15) is 11.1 Å². The number of benzene rings is 3. The molecular formula is C28H28Cl2N4O3S. The van der Waals surface area contributed by atoms with Gasteiger partial charge in [-0.3, -0.25) is 19.5 Å². The van der Waals surface area contributed by atoms with Gasteiger partial charge in [-0.15, -0.1) is 0 Å². The van der Waals surface area contributed by atoms with E-state index in [2.05, 4.69) is 14.6 Å². The summed E-state index contributed by atoms with van der Waals surface area (Å²) < 4.78 is 28.8. The molecule has 1 aliphatic rings. The number of aliphatic hydroxyl groups is 1. The number of para-hydroxylation sites is 1. The van der Waals surface area contributed by atoms with Crippen LogP contribution >= 0.6 is 23.2 Å². The predicted molar refractivity (Wildman–Crippen MR) is 152 cm³/mol. The summed E-state index contributed by atoms with van der Waals surface area (Å²) in [6.07, 6.45) is 1.69. The van der Waals surface area contributed by atoms with Crippen LogP contribution in [0.15, 0.2) is 83.9 Å². The van der Waals surface area contributed by atoms with E-state index in [-0.39, 0.29) is 4.90 Å². The van der Waals surface area contributed by atoms with E-state index >= 15 is 0 Å². The fraction of sp³-hybridized carbons (Fsp3) is 0.250. The Morgan fingerprint density at radius 3 is 2.53 bits per heavy atom. The lowest BCUT2D eigenvalue weighted by Crippen LogP contribution is -2.33. The second-order valence-corrected chi connectivity index (χ2v) is 11.8. The molecule has 5 rings (SSSR count). The van der Waals surface area contributed by atoms with E-state index in [9.17, 15) is 13.5 Å². The van der Waals surface area contributed by atoms with Crippen LogP contribution in [0.2, 0.25) is 10.0 Å². The summed E-state index contributed by atoms with van der Waals surface area (Å²) in [5.41, 5.74) is 2.57. The Balaban J connectivity index is 1.23. The van der Waals surface area contributed by atoms with E-state index in [1.54, 1.807) is 54.7 Å². The van der Waals surface area contributed by atoms with E-state index in [0.717, 1.165) is 43.5 Å². The van der Waals surface area contributed by atoms with Crippen molar-refractivity contribution in [3.8, 4) is 0 Å². The van der Waals surface area contributed by atoms with Crippen LogP contribution in [0, 0.1) is 0 Å². The van der Waals surface area contributed by atoms with Crippen molar-refractivity contribution in [2.24, 2.45) is 0 Å². The van der Waals surface area contributed by atoms with Gasteiger partial charge in [0.05, 0.1) is 5.52 Å². The van der Waals surface area contributed by atoms with Crippen LogP contribution in [0.1, 0.15) is 23.8 Å². The predicted octanol–water partition coefficient (Wildman–Crippen LogP) is 5.54. The Labute approximate surface area is 232 Å². The Kier molecular flexibility index (Phi) is 8.18. The number of pyridine rings is 1. The molecule has 0 radical (unpaired) electrons. The van der Waals surface area contributed by atoms with Gasteiger partial charge >= 0.3 is 0 Å². The Hall–Kier alpha value is -2.72. The lowest BCUT2D eigenvalue weighted by molar-refractivity contribution is 0.00440. The Morgan fingerprint density at radius 2 is 1.74 bits per heavy atom. The van der Waals surface area contributed by atoms with Gasteiger partial charge in [-0.2, -0.15) is 0 Å². The van der Waals surface area contributed by atoms with E-state index in [1.165, 1.54) is 0 Å². The first-order chi connectivity index (χ1) is 18.3. The molecule has 1 aliphatic heterocycles. The summed E-state index contributed by atoms with van der Waals surface area (Å²) in [5, 5.41) is 13.1. The first-order valence-electron chi connectivity index (χ1n) is 12.3. The topological polar surface area (TPSA) is 85.8 Å². The number of hydrogen-bond donors (Lipinski definition) is 2. The molecule has 7 nitrogen and oxygen atoms in total. The lowest BCUT2D eigenvalue weighted by Gasteiger charge is -2.27. The lowest BCUT2D eigenvalue weighted by atomic mass is 10.1. The molecule has 0 aliphatic carbocycles. The maximum atomic E-state index is 13.1. The molecule has 0 amide bonds. The molecule has 2 heterocycles. The molecule has 4 aromatic rings. The summed E-state index contributed by atoms with van der Waals surface area (Å²) >= 11 is 12.4. The first-order valence-corrected chi connectivity index (χ1v) is 14.6. The largest absolute Gasteiger partial charge is 0.374 e. The van der Waals surface area contributed by atoms with Crippen LogP contribution in [0.3, 0.4) is 0 Å². The fourth-order valence-electron chi connectivity index (χ4n) is 4.72. The summed E-state index contributed by atoms with van der Waals surface area (Å²) in [4.78, 5) is 8.72. The summed E-state index contributed by atoms with van der Waals surface area (Å²) in [6.45, 7) is 3.84. The highest BCUT2D eigenvalue weighted by atomic mass is 35.5. The minimum absolute atomic E-state index is 0.119. The first kappa shape index (κ1) is 26.9. The van der Waals surface area contributed by atoms with Crippen LogP contribution in [0.25, 0.3) is 10.9 Å². The number of aliphatic hydroxyl groups excluding tert-OH is 1. The van der Waals surface area contributed by atoms with Crippen molar-refractivity contribution in [3.05, 3.63) is 100 Å². The maximum Gasteiger partial charge on any atom is 0.264 e. The molecule has 0 saturated carbocycles. The van der Waals surface area contributed by atoms with E-state index < -0.39 is 16.3 Å². The van der Waals surface area contributed by atoms with Crippen molar-refractivity contribution in [1.29, 1.82) is 0 Å². The number of halogens is 2. The van der Waals surface area contributed by atoms with E-state index in [1.807, 2.05) is 29.2 Å². The average molecular weight is 572 g/mol. The number of hydrogen-bond acceptors (Lipinski definition) is 6. The van der Waals surface area contributed by atoms with Gasteiger partial charge in [0, 0.05) is 53.5 Å². The Bertz CT molecular complexity index is 1530. The molecular weight excluding hydrogens is 543 g/mol. The molecule has 1 atom stereocenters. The normalized spacial score (nSPS) is 16.3. The van der Waals surface area contributed by atoms with Crippen LogP contribution < -0.4 is 4.72 Å². The number of rotatable bonds is 7. The summed E-state index contributed by atoms with van der Waals surface area (Å²) in [6, 6.07) is 21.1. The van der Waals surface area contributed by atoms with Crippen molar-refractivity contribution in [3.63, 3.8) is 0 Å². The van der Waals surface area contributed by atoms with Gasteiger partial charge in [-0.1, -0.05) is 59.6 Å². The number of anilines is 1. The number of sulfonamides is 1. The molecule has 2 N–H and O–H groups in total. The quantitative estimate of drug-likeness (QED) is 0.303. The molecule has 10 heteroatoms. The number of nitrogens with zero attached hydrogens (tertiary/aromatic N) is 3. The van der Waals surface area contributed by atoms with Gasteiger partial charge in [0.15, 0.2) is 0 Å². The van der Waals surface area contributed by atoms with Crippen molar-refractivity contribution in [2.75, 3.05) is 30.9 Å². The van der Waals surface area contributed by atoms with Crippen molar-refractivity contribution < 1.29 is 13.5 Å². The SMILES string of the molecule is O=S(=O)(Nc1ccc(C(O)N2CCCN(Cc3ccc(Cl)cc3Cl)CC2)cc1)c1cccc2cccnc12. The maximum absolute atomic E-state index is 13.1. The third kappa shape index (κ3) is 6.12. The molecule has 0 bridgehead atoms. The van der Waals surface area contributed by atoms with Crippen LogP contribution in [-0.4, -0.2) is 54.5 Å². The van der Waals surface area contributed by atoms with Crippen LogP contribution in [0.5, 0.6) is 0 Å². The zero-order chi connectivity index (χ0) is 26.7. The van der Waals surface area contributed by atoms with Gasteiger partial charge in [-0.05, 0) is 60.5 Å². The third-order valence-electron chi connectivity index (χ3n) is 6.72. The highest BCUT2D eigenvalue weighted by Crippen LogP contribution is 2.27. The monoisotopic (exact) mass is 570 g/mol. The van der Waals surface area contributed by atoms with E-state index in [4.69, 9.17) is 23.2 Å². The fourth-order valence-corrected chi connectivity index (χ4v) is 6.43. The molecule has 198 valence electrons. The number of aromatic nitrogens is 1. The van der Waals surface area contributed by atoms with Gasteiger partial charge in [0.2, 0.25) is 0 Å². The standard InChI is InChI=1S/C28H28Cl2N4O3S/c29-23-10-7-22(25(30)18-23)19-33-14-3-15-34(17-16-33)28(35)21-8-11-24(12-9-21)32-38(36,37)26-6-1-4-20-5-2-13-31-27(20)26/h1-2,4-13,18,28,32,35H,3,14-17,19H2. The summed E-state index contributed by atoms with van der Waals surface area (Å²) in [5.74, 6) is 0. The zero-order valence-electron chi connectivity index (χ0n) is 20.6. The molecule has 0 spiro atoms. The van der Waals surface area contributed by atoms with E-state index in [0.29, 0.717) is 33.4 Å². The zero-order valence-corrected chi connectivity index (χ0v) is 22.9. The minimum Gasteiger partial charge on any atom is -0.374 e. The molecule has 38 heavy (non-hydrogen) atoms. The average Bonchev–Trinajstić information content (AvgIpc) is 3.15. The Morgan fingerprint density at radius 1 is 0.947 bits per heavy atom. The summed E-state index contributed by atoms with van der Waals surface area (Å²) in [7, 11) is -3.84. The van der Waals surface area contributed by atoms with Crippen molar-refractivity contribution in [1.82, 2.24) is 14.8 Å². The second kappa shape index (κ2) is 11.6. The van der Waals surface area contributed by atoms with Crippen LogP contribution in [0.4, 0.5) is 5.69 Å². The molecule has 1 saturated heterocycles. The van der Waals surface area contributed by atoms with Crippen molar-refractivity contribution >= 4 is 49.8 Å². The van der Waals surface area contributed by atoms with Crippen LogP contribution in [-0.2, 0) is 16.6 Å². The highest BCUT2D eigenvalue weighted by Gasteiger charge is 2.23. The van der Waals surface area contributed by atoms with Gasteiger partial charge in [-0.25, -0.2) is 8.42 Å². The van der Waals surface area contributed by atoms with Crippen molar-refractivity contribution in [2.45, 2.75) is 24.1 Å². The third-order valence-corrected chi connectivity index (χ3v) is 8.72. The number of nitrogens with one attached hydrogen (secondary N) is 1. The van der Waals surface area contributed by atoms with Gasteiger partial charge < -0.3 is 5.11 Å². The minimum atomic E-state index is -3.84. The highest BCUT2D eigenvalue weighted by molar-refractivity contribution is 7.93. The molecule has 1 unspecified atom stereocenters. The second-order valence-electron chi connectivity index (χ2n) is 9.33. The molecule has 1 aromatic heterocycles. The smallest absolute Gasteiger partial charge is 0.264 e. The van der Waals surface area contributed by atoms with Gasteiger partial charge in [0.25, 0.3) is 10.0 Å². The molecule has 1 fully saturated rings. The molecule has 3 aromatic carbocycles.